The second-order valence-electron chi connectivity index (χ2n) is 6.32. The van der Waals surface area contributed by atoms with Gasteiger partial charge in [-0.25, -0.2) is 4.79 Å². The van der Waals surface area contributed by atoms with Crippen LogP contribution in [0.3, 0.4) is 0 Å². The van der Waals surface area contributed by atoms with Crippen molar-refractivity contribution in [1.82, 2.24) is 0 Å². The number of rotatable bonds is 3. The van der Waals surface area contributed by atoms with E-state index in [1.807, 2.05) is 24.3 Å². The van der Waals surface area contributed by atoms with Gasteiger partial charge in [-0.2, -0.15) is 0 Å². The zero-order chi connectivity index (χ0) is 16.7. The molecule has 2 aromatic rings. The van der Waals surface area contributed by atoms with Crippen LogP contribution in [0.4, 0.5) is 5.69 Å². The number of allylic oxidation sites excluding steroid dienone is 2. The van der Waals surface area contributed by atoms with Gasteiger partial charge in [0.1, 0.15) is 5.75 Å². The van der Waals surface area contributed by atoms with Gasteiger partial charge in [-0.15, -0.1) is 0 Å². The summed E-state index contributed by atoms with van der Waals surface area (Å²) in [6, 6.07) is 13.6. The lowest BCUT2D eigenvalue weighted by Gasteiger charge is -2.38. The van der Waals surface area contributed by atoms with Gasteiger partial charge in [0, 0.05) is 17.2 Å². The van der Waals surface area contributed by atoms with Crippen LogP contribution in [-0.4, -0.2) is 18.2 Å². The Balaban J connectivity index is 1.80. The highest BCUT2D eigenvalue weighted by molar-refractivity contribution is 5.89. The van der Waals surface area contributed by atoms with Crippen molar-refractivity contribution in [2.75, 3.05) is 12.4 Å². The first-order valence-electron chi connectivity index (χ1n) is 8.12. The first kappa shape index (κ1) is 14.8. The maximum Gasteiger partial charge on any atom is 0.335 e. The fourth-order valence-corrected chi connectivity index (χ4v) is 3.96. The summed E-state index contributed by atoms with van der Waals surface area (Å²) < 4.78 is 5.55. The van der Waals surface area contributed by atoms with Crippen molar-refractivity contribution in [3.63, 3.8) is 0 Å². The Bertz CT molecular complexity index is 827. The average molecular weight is 321 g/mol. The maximum atomic E-state index is 11.3. The first-order chi connectivity index (χ1) is 11.7. The van der Waals surface area contributed by atoms with Crippen LogP contribution >= 0.6 is 0 Å². The molecule has 0 aromatic heterocycles. The molecular formula is C20H19NO3. The molecule has 0 radical (unpaired) electrons. The molecule has 2 aromatic carbocycles. The van der Waals surface area contributed by atoms with Crippen molar-refractivity contribution >= 4 is 11.7 Å². The number of carboxylic acids is 1. The smallest absolute Gasteiger partial charge is 0.335 e. The third-order valence-corrected chi connectivity index (χ3v) is 5.08. The number of aromatic carboxylic acids is 1. The van der Waals surface area contributed by atoms with Gasteiger partial charge in [0.2, 0.25) is 0 Å². The monoisotopic (exact) mass is 321 g/mol. The Labute approximate surface area is 140 Å². The summed E-state index contributed by atoms with van der Waals surface area (Å²) >= 11 is 0. The van der Waals surface area contributed by atoms with E-state index < -0.39 is 5.97 Å². The van der Waals surface area contributed by atoms with E-state index in [1.165, 1.54) is 0 Å². The molecule has 0 fully saturated rings. The number of benzene rings is 2. The molecule has 1 heterocycles. The summed E-state index contributed by atoms with van der Waals surface area (Å²) in [5, 5.41) is 12.9. The number of methoxy groups -OCH3 is 1. The molecule has 2 N–H and O–H groups in total. The van der Waals surface area contributed by atoms with Crippen LogP contribution in [0.5, 0.6) is 5.75 Å². The van der Waals surface area contributed by atoms with Crippen LogP contribution in [-0.2, 0) is 0 Å². The molecule has 0 bridgehead atoms. The lowest BCUT2D eigenvalue weighted by atomic mass is 9.76. The fraction of sp³-hybridized carbons (Fsp3) is 0.250. The van der Waals surface area contributed by atoms with Gasteiger partial charge >= 0.3 is 5.97 Å². The Kier molecular flexibility index (Phi) is 3.53. The second-order valence-corrected chi connectivity index (χ2v) is 6.32. The minimum atomic E-state index is -0.886. The normalized spacial score (nSPS) is 24.0. The van der Waals surface area contributed by atoms with Gasteiger partial charge in [0.25, 0.3) is 0 Å². The standard InChI is InChI=1S/C20H19NO3/c1-24-18-8-3-2-5-15(18)19-14-7-4-6-13(14)16-11-12(20(22)23)9-10-17(16)21-19/h2-6,8-11,13-14,19,21H,7H2,1H3,(H,22,23)/t13-,14-,19-/m0/s1. The molecule has 1 aliphatic heterocycles. The summed E-state index contributed by atoms with van der Waals surface area (Å²) in [7, 11) is 1.69. The highest BCUT2D eigenvalue weighted by Gasteiger charge is 2.39. The average Bonchev–Trinajstić information content (AvgIpc) is 3.10. The zero-order valence-corrected chi connectivity index (χ0v) is 13.4. The minimum Gasteiger partial charge on any atom is -0.496 e. The van der Waals surface area contributed by atoms with Crippen LogP contribution in [0, 0.1) is 5.92 Å². The van der Waals surface area contributed by atoms with E-state index >= 15 is 0 Å². The number of fused-ring (bicyclic) bond motifs is 3. The van der Waals surface area contributed by atoms with E-state index in [4.69, 9.17) is 4.74 Å². The van der Waals surface area contributed by atoms with Gasteiger partial charge in [0.05, 0.1) is 18.7 Å². The fourth-order valence-electron chi connectivity index (χ4n) is 3.96. The van der Waals surface area contributed by atoms with Crippen molar-refractivity contribution < 1.29 is 14.6 Å². The van der Waals surface area contributed by atoms with E-state index in [-0.39, 0.29) is 12.0 Å². The molecule has 4 nitrogen and oxygen atoms in total. The van der Waals surface area contributed by atoms with Gasteiger partial charge in [-0.05, 0) is 42.2 Å². The summed E-state index contributed by atoms with van der Waals surface area (Å²) in [4.78, 5) is 11.3. The van der Waals surface area contributed by atoms with Gasteiger partial charge in [-0.1, -0.05) is 30.4 Å². The van der Waals surface area contributed by atoms with Crippen LogP contribution in [0.25, 0.3) is 0 Å². The van der Waals surface area contributed by atoms with Crippen molar-refractivity contribution in [1.29, 1.82) is 0 Å². The third kappa shape index (κ3) is 2.26. The van der Waals surface area contributed by atoms with E-state index in [0.29, 0.717) is 11.5 Å². The molecule has 4 heteroatoms. The molecule has 0 spiro atoms. The van der Waals surface area contributed by atoms with Gasteiger partial charge in [-0.3, -0.25) is 0 Å². The highest BCUT2D eigenvalue weighted by atomic mass is 16.5. The number of nitrogens with one attached hydrogen (secondary N) is 1. The van der Waals surface area contributed by atoms with E-state index in [2.05, 4.69) is 23.5 Å². The molecule has 0 saturated heterocycles. The van der Waals surface area contributed by atoms with Crippen molar-refractivity contribution in [2.45, 2.75) is 18.4 Å². The largest absolute Gasteiger partial charge is 0.496 e. The zero-order valence-electron chi connectivity index (χ0n) is 13.4. The Hall–Kier alpha value is -2.75. The number of hydrogen-bond acceptors (Lipinski definition) is 3. The van der Waals surface area contributed by atoms with Crippen LogP contribution in [0.1, 0.15) is 39.9 Å². The van der Waals surface area contributed by atoms with E-state index in [0.717, 1.165) is 29.0 Å². The molecule has 1 aliphatic carbocycles. The maximum absolute atomic E-state index is 11.3. The number of carbonyl (C=O) groups is 1. The van der Waals surface area contributed by atoms with Crippen molar-refractivity contribution in [3.8, 4) is 5.75 Å². The van der Waals surface area contributed by atoms with Crippen LogP contribution in [0.15, 0.2) is 54.6 Å². The summed E-state index contributed by atoms with van der Waals surface area (Å²) in [6.45, 7) is 0. The number of para-hydroxylation sites is 1. The predicted molar refractivity (Wildman–Crippen MR) is 92.7 cm³/mol. The molecule has 0 unspecified atom stereocenters. The summed E-state index contributed by atoms with van der Waals surface area (Å²) in [6.07, 6.45) is 5.37. The number of anilines is 1. The van der Waals surface area contributed by atoms with Gasteiger partial charge in [0.15, 0.2) is 0 Å². The number of hydrogen-bond donors (Lipinski definition) is 2. The molecule has 0 saturated carbocycles. The first-order valence-corrected chi connectivity index (χ1v) is 8.12. The Morgan fingerprint density at radius 3 is 2.83 bits per heavy atom. The van der Waals surface area contributed by atoms with Crippen LogP contribution < -0.4 is 10.1 Å². The SMILES string of the molecule is COc1ccccc1[C@H]1Nc2ccc(C(=O)O)cc2[C@H]2C=CC[C@@H]21. The van der Waals surface area contributed by atoms with E-state index in [1.54, 1.807) is 19.2 Å². The molecule has 3 atom stereocenters. The molecule has 2 aliphatic rings. The lowest BCUT2D eigenvalue weighted by molar-refractivity contribution is 0.0696. The third-order valence-electron chi connectivity index (χ3n) is 5.08. The van der Waals surface area contributed by atoms with E-state index in [9.17, 15) is 9.90 Å². The molecule has 0 amide bonds. The minimum absolute atomic E-state index is 0.143. The van der Waals surface area contributed by atoms with Gasteiger partial charge < -0.3 is 15.2 Å². The van der Waals surface area contributed by atoms with Crippen molar-refractivity contribution in [3.05, 3.63) is 71.3 Å². The quantitative estimate of drug-likeness (QED) is 0.831. The highest BCUT2D eigenvalue weighted by Crippen LogP contribution is 2.51. The molecular weight excluding hydrogens is 302 g/mol. The lowest BCUT2D eigenvalue weighted by Crippen LogP contribution is -2.29. The Morgan fingerprint density at radius 2 is 2.04 bits per heavy atom. The molecule has 122 valence electrons. The Morgan fingerprint density at radius 1 is 1.21 bits per heavy atom. The van der Waals surface area contributed by atoms with Crippen LogP contribution in [0.2, 0.25) is 0 Å². The molecule has 4 rings (SSSR count). The second kappa shape index (κ2) is 5.71. The number of ether oxygens (including phenoxy) is 1. The summed E-state index contributed by atoms with van der Waals surface area (Å²) in [5.41, 5.74) is 3.56. The summed E-state index contributed by atoms with van der Waals surface area (Å²) in [5.74, 6) is 0.586. The number of carboxylic acid groups (broad SMARTS) is 1. The molecule has 24 heavy (non-hydrogen) atoms. The van der Waals surface area contributed by atoms with Crippen molar-refractivity contribution in [2.24, 2.45) is 5.92 Å². The predicted octanol–water partition coefficient (Wildman–Crippen LogP) is 4.22. The topological polar surface area (TPSA) is 58.6 Å².